The van der Waals surface area contributed by atoms with Crippen LogP contribution in [0.25, 0.3) is 5.76 Å². The summed E-state index contributed by atoms with van der Waals surface area (Å²) in [5, 5.41) is 8.93. The number of aliphatic hydroxyl groups is 1. The fourth-order valence-electron chi connectivity index (χ4n) is 1.79. The van der Waals surface area contributed by atoms with Crippen molar-refractivity contribution in [2.45, 2.75) is 25.6 Å². The van der Waals surface area contributed by atoms with Gasteiger partial charge in [0.05, 0.1) is 18.2 Å². The van der Waals surface area contributed by atoms with Crippen LogP contribution in [0.1, 0.15) is 18.9 Å². The highest BCUT2D eigenvalue weighted by molar-refractivity contribution is 6.31. The minimum absolute atomic E-state index is 0.0698. The predicted molar refractivity (Wildman–Crippen MR) is 79.3 cm³/mol. The highest BCUT2D eigenvalue weighted by Crippen LogP contribution is 2.31. The topological polar surface area (TPSA) is 58.9 Å². The standard InChI is InChI=1S/C15H12ClF4NO3/c1-2-24-15(23)7(5-21-10-4-8(10)17)14(22)6-3-9(18)13(20)11(16)12(6)19/h3,5,8,10,22H,2,4H2,1H3/b14-7-,21-5?/t8-,10+/m1/s1. The molecule has 0 heterocycles. The van der Waals surface area contributed by atoms with Crippen LogP contribution in [0, 0.1) is 17.5 Å². The SMILES string of the molecule is CCOC(=O)/C(C=N[C@H]1C[C@H]1F)=C(\O)c1cc(F)c(F)c(Cl)c1F. The molecule has 0 saturated heterocycles. The van der Waals surface area contributed by atoms with E-state index in [0.717, 1.165) is 6.21 Å². The van der Waals surface area contributed by atoms with Crippen molar-refractivity contribution in [1.82, 2.24) is 0 Å². The Balaban J connectivity index is 2.52. The quantitative estimate of drug-likeness (QED) is 0.164. The number of nitrogens with zero attached hydrogens (tertiary/aromatic N) is 1. The van der Waals surface area contributed by atoms with Crippen LogP contribution in [0.4, 0.5) is 17.6 Å². The number of carbonyl (C=O) groups excluding carboxylic acids is 1. The van der Waals surface area contributed by atoms with E-state index in [4.69, 9.17) is 11.6 Å². The molecule has 0 bridgehead atoms. The predicted octanol–water partition coefficient (Wildman–Crippen LogP) is 3.77. The summed E-state index contributed by atoms with van der Waals surface area (Å²) in [5.74, 6) is -6.75. The van der Waals surface area contributed by atoms with Crippen molar-refractivity contribution in [1.29, 1.82) is 0 Å². The second kappa shape index (κ2) is 7.21. The van der Waals surface area contributed by atoms with E-state index >= 15 is 0 Å². The minimum atomic E-state index is -1.63. The van der Waals surface area contributed by atoms with Crippen LogP contribution >= 0.6 is 11.6 Å². The van der Waals surface area contributed by atoms with Crippen LogP contribution in [0.15, 0.2) is 16.6 Å². The first-order valence-corrected chi connectivity index (χ1v) is 7.26. The van der Waals surface area contributed by atoms with Crippen LogP contribution in [-0.4, -0.2) is 36.1 Å². The zero-order chi connectivity index (χ0) is 18.0. The van der Waals surface area contributed by atoms with E-state index in [1.165, 1.54) is 6.92 Å². The first-order chi connectivity index (χ1) is 11.3. The maximum Gasteiger partial charge on any atom is 0.343 e. The molecule has 1 N–H and O–H groups in total. The summed E-state index contributed by atoms with van der Waals surface area (Å²) in [6.45, 7) is 1.41. The molecular formula is C15H12ClF4NO3. The summed E-state index contributed by atoms with van der Waals surface area (Å²) >= 11 is 5.31. The molecule has 1 saturated carbocycles. The summed E-state index contributed by atoms with van der Waals surface area (Å²) in [4.78, 5) is 15.6. The van der Waals surface area contributed by atoms with E-state index in [1.54, 1.807) is 0 Å². The molecule has 1 fully saturated rings. The normalized spacial score (nSPS) is 20.9. The molecular weight excluding hydrogens is 354 g/mol. The first kappa shape index (κ1) is 18.3. The lowest BCUT2D eigenvalue weighted by Crippen LogP contribution is -2.12. The largest absolute Gasteiger partial charge is 0.506 e. The number of hydrogen-bond donors (Lipinski definition) is 1. The van der Waals surface area contributed by atoms with Gasteiger partial charge in [-0.25, -0.2) is 22.4 Å². The fourth-order valence-corrected chi connectivity index (χ4v) is 1.98. The molecule has 1 aromatic rings. The van der Waals surface area contributed by atoms with Gasteiger partial charge >= 0.3 is 5.97 Å². The van der Waals surface area contributed by atoms with Crippen LogP contribution < -0.4 is 0 Å². The maximum atomic E-state index is 14.0. The van der Waals surface area contributed by atoms with Crippen LogP contribution in [-0.2, 0) is 9.53 Å². The van der Waals surface area contributed by atoms with Gasteiger partial charge in [0.15, 0.2) is 17.5 Å². The van der Waals surface area contributed by atoms with E-state index in [-0.39, 0.29) is 13.0 Å². The molecule has 1 aromatic carbocycles. The maximum absolute atomic E-state index is 14.0. The van der Waals surface area contributed by atoms with Gasteiger partial charge in [0.1, 0.15) is 22.5 Å². The number of alkyl halides is 1. The van der Waals surface area contributed by atoms with Crippen molar-refractivity contribution in [3.63, 3.8) is 0 Å². The average Bonchev–Trinajstić information content (AvgIpc) is 3.24. The van der Waals surface area contributed by atoms with Crippen LogP contribution in [0.3, 0.4) is 0 Å². The number of ether oxygens (including phenoxy) is 1. The number of aliphatic imine (C=N–C) groups is 1. The highest BCUT2D eigenvalue weighted by atomic mass is 35.5. The number of halogens is 5. The van der Waals surface area contributed by atoms with Crippen LogP contribution in [0.5, 0.6) is 0 Å². The Labute approximate surface area is 139 Å². The van der Waals surface area contributed by atoms with Crippen molar-refractivity contribution in [3.05, 3.63) is 39.7 Å². The van der Waals surface area contributed by atoms with Gasteiger partial charge in [-0.1, -0.05) is 11.6 Å². The lowest BCUT2D eigenvalue weighted by Gasteiger charge is -2.09. The number of aliphatic hydroxyl groups excluding tert-OH is 1. The molecule has 9 heteroatoms. The number of hydrogen-bond acceptors (Lipinski definition) is 4. The third kappa shape index (κ3) is 3.69. The lowest BCUT2D eigenvalue weighted by molar-refractivity contribution is -0.137. The van der Waals surface area contributed by atoms with Crippen molar-refractivity contribution in [2.24, 2.45) is 4.99 Å². The molecule has 0 amide bonds. The van der Waals surface area contributed by atoms with E-state index in [2.05, 4.69) is 9.73 Å². The summed E-state index contributed by atoms with van der Waals surface area (Å²) in [5.41, 5.74) is -1.47. The van der Waals surface area contributed by atoms with Gasteiger partial charge in [-0.15, -0.1) is 0 Å². The Morgan fingerprint density at radius 1 is 1.46 bits per heavy atom. The lowest BCUT2D eigenvalue weighted by atomic mass is 10.1. The van der Waals surface area contributed by atoms with Gasteiger partial charge in [-0.05, 0) is 13.0 Å². The highest BCUT2D eigenvalue weighted by Gasteiger charge is 2.37. The summed E-state index contributed by atoms with van der Waals surface area (Å²) in [6, 6.07) is -0.339. The minimum Gasteiger partial charge on any atom is -0.506 e. The van der Waals surface area contributed by atoms with E-state index in [0.29, 0.717) is 6.07 Å². The molecule has 2 atom stereocenters. The number of benzene rings is 1. The molecule has 0 spiro atoms. The Bertz CT molecular complexity index is 736. The summed E-state index contributed by atoms with van der Waals surface area (Å²) < 4.78 is 58.1. The Kier molecular flexibility index (Phi) is 5.48. The van der Waals surface area contributed by atoms with Gasteiger partial charge in [-0.2, -0.15) is 0 Å². The Hall–Kier alpha value is -2.09. The van der Waals surface area contributed by atoms with E-state index in [9.17, 15) is 27.5 Å². The molecule has 0 radical (unpaired) electrons. The van der Waals surface area contributed by atoms with Gasteiger partial charge in [0, 0.05) is 12.6 Å². The average molecular weight is 366 g/mol. The number of carbonyl (C=O) groups is 1. The second-order valence-electron chi connectivity index (χ2n) is 4.93. The van der Waals surface area contributed by atoms with E-state index in [1.807, 2.05) is 0 Å². The van der Waals surface area contributed by atoms with Crippen LogP contribution in [0.2, 0.25) is 5.02 Å². The molecule has 130 valence electrons. The number of esters is 1. The molecule has 2 rings (SSSR count). The zero-order valence-corrected chi connectivity index (χ0v) is 13.1. The van der Waals surface area contributed by atoms with Crippen molar-refractivity contribution < 1.29 is 32.2 Å². The molecule has 1 aliphatic carbocycles. The van der Waals surface area contributed by atoms with Gasteiger partial charge < -0.3 is 9.84 Å². The molecule has 0 aliphatic heterocycles. The van der Waals surface area contributed by atoms with Gasteiger partial charge in [-0.3, -0.25) is 4.99 Å². The smallest absolute Gasteiger partial charge is 0.343 e. The second-order valence-corrected chi connectivity index (χ2v) is 5.31. The third-order valence-corrected chi connectivity index (χ3v) is 3.52. The monoisotopic (exact) mass is 365 g/mol. The molecule has 24 heavy (non-hydrogen) atoms. The summed E-state index contributed by atoms with van der Waals surface area (Å²) in [6.07, 6.45) is -0.202. The van der Waals surface area contributed by atoms with Crippen molar-refractivity contribution >= 4 is 29.5 Å². The van der Waals surface area contributed by atoms with Gasteiger partial charge in [0.25, 0.3) is 0 Å². The summed E-state index contributed by atoms with van der Waals surface area (Å²) in [7, 11) is 0. The van der Waals surface area contributed by atoms with Gasteiger partial charge in [0.2, 0.25) is 0 Å². The van der Waals surface area contributed by atoms with Crippen molar-refractivity contribution in [2.75, 3.05) is 6.61 Å². The van der Waals surface area contributed by atoms with Crippen molar-refractivity contribution in [3.8, 4) is 0 Å². The first-order valence-electron chi connectivity index (χ1n) is 6.88. The fraction of sp³-hybridized carbons (Fsp3) is 0.333. The number of rotatable bonds is 5. The Morgan fingerprint density at radius 2 is 2.08 bits per heavy atom. The molecule has 0 aromatic heterocycles. The molecule has 4 nitrogen and oxygen atoms in total. The molecule has 1 aliphatic rings. The van der Waals surface area contributed by atoms with E-state index < -0.39 is 57.6 Å². The molecule has 0 unspecified atom stereocenters. The third-order valence-electron chi connectivity index (χ3n) is 3.18. The zero-order valence-electron chi connectivity index (χ0n) is 12.3. The Morgan fingerprint density at radius 3 is 2.62 bits per heavy atom.